The van der Waals surface area contributed by atoms with Crippen LogP contribution in [0.15, 0.2) is 36.4 Å². The van der Waals surface area contributed by atoms with Crippen molar-refractivity contribution in [1.82, 2.24) is 9.80 Å². The summed E-state index contributed by atoms with van der Waals surface area (Å²) in [6, 6.07) is 6.95. The number of carbonyl (C=O) groups is 1. The number of rotatable bonds is 4. The van der Waals surface area contributed by atoms with Crippen LogP contribution in [0.5, 0.6) is 0 Å². The maximum Gasteiger partial charge on any atom is 0.407 e. The Morgan fingerprint density at radius 3 is 2.10 bits per heavy atom. The van der Waals surface area contributed by atoms with Crippen molar-refractivity contribution in [2.45, 2.75) is 0 Å². The molecule has 12 heteroatoms. The van der Waals surface area contributed by atoms with E-state index >= 15 is 0 Å². The second-order valence-electron chi connectivity index (χ2n) is 7.16. The fourth-order valence-electron chi connectivity index (χ4n) is 3.79. The molecule has 1 N–H and O–H groups in total. The number of hydrogen-bond donors (Lipinski definition) is 1. The van der Waals surface area contributed by atoms with Crippen LogP contribution >= 0.6 is 0 Å². The van der Waals surface area contributed by atoms with Crippen LogP contribution in [-0.2, 0) is 10.2 Å². The highest BCUT2D eigenvalue weighted by atomic mass is 32.2. The van der Waals surface area contributed by atoms with E-state index in [4.69, 9.17) is 5.11 Å². The summed E-state index contributed by atoms with van der Waals surface area (Å²) in [5.74, 6) is -3.81. The first kappa shape index (κ1) is 21.2. The molecule has 2 aromatic rings. The van der Waals surface area contributed by atoms with Crippen LogP contribution in [0, 0.1) is 17.5 Å². The number of amides is 1. The second-order valence-corrected chi connectivity index (χ2v) is 8.86. The Kier molecular flexibility index (Phi) is 5.43. The summed E-state index contributed by atoms with van der Waals surface area (Å²) in [5.41, 5.74) is -0.566. The van der Waals surface area contributed by atoms with Gasteiger partial charge in [-0.15, -0.1) is 0 Å². The average molecular weight is 456 g/mol. The summed E-state index contributed by atoms with van der Waals surface area (Å²) in [4.78, 5) is 14.2. The molecule has 8 nitrogen and oxygen atoms in total. The van der Waals surface area contributed by atoms with Crippen molar-refractivity contribution in [2.75, 3.05) is 47.9 Å². The highest BCUT2D eigenvalue weighted by Crippen LogP contribution is 2.46. The lowest BCUT2D eigenvalue weighted by molar-refractivity contribution is 0.107. The minimum absolute atomic E-state index is 0.00660. The molecule has 0 unspecified atom stereocenters. The Balaban J connectivity index is 1.62. The number of benzene rings is 2. The normalized spacial score (nSPS) is 18.4. The van der Waals surface area contributed by atoms with Crippen LogP contribution in [0.4, 0.5) is 35.0 Å². The molecular weight excluding hydrogens is 437 g/mol. The summed E-state index contributed by atoms with van der Waals surface area (Å²) < 4.78 is 70.4. The maximum absolute atomic E-state index is 14.4. The quantitative estimate of drug-likeness (QED) is 0.765. The van der Waals surface area contributed by atoms with E-state index in [0.29, 0.717) is 49.2 Å². The van der Waals surface area contributed by atoms with Gasteiger partial charge in [0.2, 0.25) is 0 Å². The van der Waals surface area contributed by atoms with Gasteiger partial charge in [0.05, 0.1) is 11.4 Å². The molecule has 0 aliphatic carbocycles. The predicted molar refractivity (Wildman–Crippen MR) is 107 cm³/mol. The summed E-state index contributed by atoms with van der Waals surface area (Å²) in [7, 11) is -4.39. The Bertz CT molecular complexity index is 1100. The maximum atomic E-state index is 14.4. The second kappa shape index (κ2) is 7.93. The summed E-state index contributed by atoms with van der Waals surface area (Å²) >= 11 is 0. The molecule has 166 valence electrons. The summed E-state index contributed by atoms with van der Waals surface area (Å²) in [5, 5.41) is 9.03. The molecule has 2 aliphatic rings. The molecule has 0 radical (unpaired) electrons. The van der Waals surface area contributed by atoms with E-state index in [1.807, 2.05) is 4.90 Å². The van der Waals surface area contributed by atoms with Crippen LogP contribution < -0.4 is 8.61 Å². The fraction of sp³-hybridized carbons (Fsp3) is 0.316. The zero-order chi connectivity index (χ0) is 22.3. The molecule has 0 bridgehead atoms. The number of carboxylic acid groups (broad SMARTS) is 1. The Morgan fingerprint density at radius 1 is 0.935 bits per heavy atom. The van der Waals surface area contributed by atoms with Crippen molar-refractivity contribution >= 4 is 33.4 Å². The van der Waals surface area contributed by atoms with Crippen molar-refractivity contribution in [1.29, 1.82) is 0 Å². The van der Waals surface area contributed by atoms with Crippen molar-refractivity contribution in [3.63, 3.8) is 0 Å². The number of para-hydroxylation sites is 2. The topological polar surface area (TPSA) is 84.4 Å². The number of halogens is 3. The first-order chi connectivity index (χ1) is 14.7. The number of nitrogens with zero attached hydrogens (tertiary/aromatic N) is 4. The van der Waals surface area contributed by atoms with E-state index in [2.05, 4.69) is 0 Å². The molecule has 4 rings (SSSR count). The van der Waals surface area contributed by atoms with Crippen molar-refractivity contribution in [3.8, 4) is 0 Å². The number of hydrogen-bond acceptors (Lipinski definition) is 4. The molecular formula is C19H19F3N4O4S. The van der Waals surface area contributed by atoms with E-state index in [1.54, 1.807) is 6.07 Å². The van der Waals surface area contributed by atoms with Crippen molar-refractivity contribution in [3.05, 3.63) is 53.8 Å². The van der Waals surface area contributed by atoms with Crippen molar-refractivity contribution < 1.29 is 31.5 Å². The van der Waals surface area contributed by atoms with Crippen LogP contribution in [0.1, 0.15) is 0 Å². The molecule has 1 amide bonds. The van der Waals surface area contributed by atoms with Gasteiger partial charge in [-0.3, -0.25) is 4.90 Å². The smallest absolute Gasteiger partial charge is 0.407 e. The fourth-order valence-corrected chi connectivity index (χ4v) is 5.51. The van der Waals surface area contributed by atoms with E-state index in [0.717, 1.165) is 4.31 Å². The summed E-state index contributed by atoms with van der Waals surface area (Å²) in [6.07, 6.45) is -1.00. The van der Waals surface area contributed by atoms with Gasteiger partial charge >= 0.3 is 16.3 Å². The Hall–Kier alpha value is -2.99. The molecule has 0 spiro atoms. The molecule has 1 saturated heterocycles. The van der Waals surface area contributed by atoms with Crippen LogP contribution in [0.25, 0.3) is 0 Å². The van der Waals surface area contributed by atoms with Crippen molar-refractivity contribution in [2.24, 2.45) is 0 Å². The van der Waals surface area contributed by atoms with Gasteiger partial charge in [0, 0.05) is 51.4 Å². The van der Waals surface area contributed by atoms with E-state index in [9.17, 15) is 26.4 Å². The highest BCUT2D eigenvalue weighted by Gasteiger charge is 2.43. The predicted octanol–water partition coefficient (Wildman–Crippen LogP) is 2.60. The molecule has 31 heavy (non-hydrogen) atoms. The highest BCUT2D eigenvalue weighted by molar-refractivity contribution is 7.95. The zero-order valence-corrected chi connectivity index (χ0v) is 17.0. The third-order valence-corrected chi connectivity index (χ3v) is 7.10. The van der Waals surface area contributed by atoms with Gasteiger partial charge < -0.3 is 10.0 Å². The van der Waals surface area contributed by atoms with E-state index in [-0.39, 0.29) is 17.9 Å². The zero-order valence-electron chi connectivity index (χ0n) is 16.2. The first-order valence-corrected chi connectivity index (χ1v) is 10.9. The number of anilines is 3. The molecule has 2 aromatic carbocycles. The lowest BCUT2D eigenvalue weighted by Gasteiger charge is -2.34. The lowest BCUT2D eigenvalue weighted by atomic mass is 10.2. The number of fused-ring (bicyclic) bond motifs is 1. The van der Waals surface area contributed by atoms with Gasteiger partial charge in [0.15, 0.2) is 11.6 Å². The van der Waals surface area contributed by atoms with E-state index < -0.39 is 39.4 Å². The van der Waals surface area contributed by atoms with Gasteiger partial charge in [0.25, 0.3) is 0 Å². The lowest BCUT2D eigenvalue weighted by Crippen LogP contribution is -2.50. The Labute approximate surface area is 176 Å². The largest absolute Gasteiger partial charge is 0.465 e. The molecule has 0 atom stereocenters. The molecule has 2 aliphatic heterocycles. The molecule has 0 aromatic heterocycles. The molecule has 0 saturated carbocycles. The van der Waals surface area contributed by atoms with Crippen LogP contribution in [0.2, 0.25) is 0 Å². The van der Waals surface area contributed by atoms with Crippen LogP contribution in [-0.4, -0.2) is 68.7 Å². The monoisotopic (exact) mass is 456 g/mol. The first-order valence-electron chi connectivity index (χ1n) is 9.47. The van der Waals surface area contributed by atoms with E-state index in [1.165, 1.54) is 23.1 Å². The summed E-state index contributed by atoms with van der Waals surface area (Å²) in [6.45, 7) is 1.77. The SMILES string of the molecule is O=C(O)N1CCN(CCN2c3ccccc3N(c3c(F)cc(F)cc3F)S2(=O)=O)CC1. The number of piperazine rings is 1. The molecule has 1 fully saturated rings. The Morgan fingerprint density at radius 2 is 1.52 bits per heavy atom. The third kappa shape index (κ3) is 3.76. The van der Waals surface area contributed by atoms with Gasteiger partial charge in [0.1, 0.15) is 11.5 Å². The van der Waals surface area contributed by atoms with Gasteiger partial charge in [-0.2, -0.15) is 8.42 Å². The minimum atomic E-state index is -4.39. The third-order valence-electron chi connectivity index (χ3n) is 5.33. The van der Waals surface area contributed by atoms with Crippen LogP contribution in [0.3, 0.4) is 0 Å². The standard InChI is InChI=1S/C19H19F3N4O4S/c20-13-11-14(21)18(15(22)12-13)26-17-4-2-1-3-16(17)25(31(26,29)30)10-7-23-5-8-24(9-6-23)19(27)28/h1-4,11-12H,5-10H2,(H,27,28). The van der Waals surface area contributed by atoms with Gasteiger partial charge in [-0.05, 0) is 12.1 Å². The average Bonchev–Trinajstić information content (AvgIpc) is 2.93. The minimum Gasteiger partial charge on any atom is -0.465 e. The molecule has 2 heterocycles. The van der Waals surface area contributed by atoms with Gasteiger partial charge in [-0.25, -0.2) is 26.6 Å². The van der Waals surface area contributed by atoms with Gasteiger partial charge in [-0.1, -0.05) is 12.1 Å².